The van der Waals surface area contributed by atoms with Crippen LogP contribution in [0.25, 0.3) is 0 Å². The van der Waals surface area contributed by atoms with Crippen LogP contribution in [0.3, 0.4) is 0 Å². The van der Waals surface area contributed by atoms with Crippen molar-refractivity contribution in [3.8, 4) is 0 Å². The molecule has 0 aliphatic rings. The van der Waals surface area contributed by atoms with E-state index in [2.05, 4.69) is 4.98 Å². The molecule has 0 bridgehead atoms. The Morgan fingerprint density at radius 2 is 1.93 bits per heavy atom. The van der Waals surface area contributed by atoms with E-state index in [0.29, 0.717) is 6.54 Å². The quantitative estimate of drug-likeness (QED) is 0.520. The number of carbonyl (C=O) groups excluding carboxylic acids is 1. The van der Waals surface area contributed by atoms with E-state index in [1.807, 2.05) is 61.7 Å². The van der Waals surface area contributed by atoms with Crippen molar-refractivity contribution in [1.82, 2.24) is 9.55 Å². The van der Waals surface area contributed by atoms with Gasteiger partial charge < -0.3 is 10.6 Å². The summed E-state index contributed by atoms with van der Waals surface area (Å²) in [5.74, 6) is 0.0325. The van der Waals surface area contributed by atoms with E-state index in [9.17, 15) is 14.4 Å². The second kappa shape index (κ2) is 9.82. The topological polar surface area (TPSA) is 101 Å². The number of nitrogens with one attached hydrogen (secondary N) is 1. The number of thiophene rings is 1. The van der Waals surface area contributed by atoms with Crippen molar-refractivity contribution >= 4 is 40.5 Å². The molecule has 2 heterocycles. The molecule has 0 aliphatic heterocycles. The average Bonchev–Trinajstić information content (AvgIpc) is 3.22. The predicted octanol–water partition coefficient (Wildman–Crippen LogP) is 3.01. The van der Waals surface area contributed by atoms with E-state index >= 15 is 0 Å². The first kappa shape index (κ1) is 21.9. The zero-order valence-corrected chi connectivity index (χ0v) is 18.5. The van der Waals surface area contributed by atoms with Gasteiger partial charge in [0.2, 0.25) is 5.91 Å². The summed E-state index contributed by atoms with van der Waals surface area (Å²) in [4.78, 5) is 41.9. The minimum absolute atomic E-state index is 0.0114. The number of benzene rings is 1. The fraction of sp³-hybridized carbons (Fsp3) is 0.286. The number of amides is 1. The third-order valence-corrected chi connectivity index (χ3v) is 6.47. The molecule has 0 fully saturated rings. The SMILES string of the molecule is CC(C)CN(C(=O)CSc1cccs1)c1c(N)n(Cc2ccccc2)c(=O)[nH]c1=O. The molecule has 158 valence electrons. The van der Waals surface area contributed by atoms with Gasteiger partial charge in [-0.1, -0.05) is 50.2 Å². The zero-order valence-electron chi connectivity index (χ0n) is 16.8. The van der Waals surface area contributed by atoms with Gasteiger partial charge in [-0.25, -0.2) is 4.79 Å². The van der Waals surface area contributed by atoms with Gasteiger partial charge in [0.1, 0.15) is 5.82 Å². The lowest BCUT2D eigenvalue weighted by atomic mass is 10.2. The van der Waals surface area contributed by atoms with Gasteiger partial charge in [0.25, 0.3) is 5.56 Å². The number of anilines is 2. The third-order valence-electron chi connectivity index (χ3n) is 4.35. The normalized spacial score (nSPS) is 11.0. The highest BCUT2D eigenvalue weighted by Crippen LogP contribution is 2.25. The van der Waals surface area contributed by atoms with E-state index in [4.69, 9.17) is 5.73 Å². The lowest BCUT2D eigenvalue weighted by Crippen LogP contribution is -2.43. The molecule has 2 aromatic heterocycles. The lowest BCUT2D eigenvalue weighted by molar-refractivity contribution is -0.116. The van der Waals surface area contributed by atoms with Crippen LogP contribution in [0.1, 0.15) is 19.4 Å². The van der Waals surface area contributed by atoms with Crippen molar-refractivity contribution < 1.29 is 4.79 Å². The first-order valence-electron chi connectivity index (χ1n) is 9.50. The van der Waals surface area contributed by atoms with Crippen molar-refractivity contribution in [3.05, 3.63) is 74.2 Å². The van der Waals surface area contributed by atoms with E-state index < -0.39 is 11.2 Å². The summed E-state index contributed by atoms with van der Waals surface area (Å²) in [7, 11) is 0. The van der Waals surface area contributed by atoms with Crippen molar-refractivity contribution in [1.29, 1.82) is 0 Å². The molecule has 1 amide bonds. The molecule has 0 spiro atoms. The van der Waals surface area contributed by atoms with Crippen LogP contribution in [0, 0.1) is 5.92 Å². The van der Waals surface area contributed by atoms with Crippen molar-refractivity contribution in [3.63, 3.8) is 0 Å². The minimum Gasteiger partial charge on any atom is -0.383 e. The minimum atomic E-state index is -0.656. The molecule has 0 saturated heterocycles. The number of hydrogen-bond donors (Lipinski definition) is 2. The van der Waals surface area contributed by atoms with Crippen molar-refractivity contribution in [2.24, 2.45) is 5.92 Å². The highest BCUT2D eigenvalue weighted by atomic mass is 32.2. The highest BCUT2D eigenvalue weighted by molar-refractivity contribution is 8.01. The van der Waals surface area contributed by atoms with Gasteiger partial charge in [0, 0.05) is 6.54 Å². The van der Waals surface area contributed by atoms with E-state index in [0.717, 1.165) is 9.77 Å². The summed E-state index contributed by atoms with van der Waals surface area (Å²) in [5, 5.41) is 1.95. The Labute approximate surface area is 182 Å². The van der Waals surface area contributed by atoms with Crippen LogP contribution in [0.15, 0.2) is 61.6 Å². The number of rotatable bonds is 8. The number of thioether (sulfide) groups is 1. The number of carbonyl (C=O) groups is 1. The Hall–Kier alpha value is -2.78. The molecule has 0 unspecified atom stereocenters. The monoisotopic (exact) mass is 444 g/mol. The van der Waals surface area contributed by atoms with Gasteiger partial charge in [0.15, 0.2) is 5.69 Å². The summed E-state index contributed by atoms with van der Waals surface area (Å²) in [6.45, 7) is 4.43. The number of nitrogens with two attached hydrogens (primary N) is 1. The van der Waals surface area contributed by atoms with E-state index in [-0.39, 0.29) is 35.6 Å². The van der Waals surface area contributed by atoms with Gasteiger partial charge in [-0.05, 0) is 22.9 Å². The maximum atomic E-state index is 13.0. The van der Waals surface area contributed by atoms with Crippen molar-refractivity contribution in [2.45, 2.75) is 24.6 Å². The summed E-state index contributed by atoms with van der Waals surface area (Å²) in [6, 6.07) is 13.2. The molecule has 3 aromatic rings. The Kier molecular flexibility index (Phi) is 7.17. The summed E-state index contributed by atoms with van der Waals surface area (Å²) in [6.07, 6.45) is 0. The van der Waals surface area contributed by atoms with Crippen LogP contribution in [-0.4, -0.2) is 27.8 Å². The van der Waals surface area contributed by atoms with Crippen LogP contribution < -0.4 is 21.9 Å². The molecule has 30 heavy (non-hydrogen) atoms. The van der Waals surface area contributed by atoms with Crippen molar-refractivity contribution in [2.75, 3.05) is 22.9 Å². The standard InChI is InChI=1S/C21H24N4O3S2/c1-14(2)11-24(16(26)13-30-17-9-6-10-29-17)18-19(22)25(21(28)23-20(18)27)12-15-7-4-3-5-8-15/h3-10,14H,11-13,22H2,1-2H3,(H,23,27,28). The van der Waals surface area contributed by atoms with E-state index in [1.165, 1.54) is 21.2 Å². The highest BCUT2D eigenvalue weighted by Gasteiger charge is 2.25. The molecule has 9 heteroatoms. The second-order valence-electron chi connectivity index (χ2n) is 7.18. The molecular weight excluding hydrogens is 420 g/mol. The zero-order chi connectivity index (χ0) is 21.7. The molecule has 0 aliphatic carbocycles. The smallest absolute Gasteiger partial charge is 0.330 e. The fourth-order valence-corrected chi connectivity index (χ4v) is 4.66. The summed E-state index contributed by atoms with van der Waals surface area (Å²) >= 11 is 2.97. The third kappa shape index (κ3) is 5.22. The Morgan fingerprint density at radius 1 is 1.20 bits per heavy atom. The summed E-state index contributed by atoms with van der Waals surface area (Å²) in [5.41, 5.74) is 5.91. The second-order valence-corrected chi connectivity index (χ2v) is 9.41. The maximum Gasteiger partial charge on any atom is 0.330 e. The lowest BCUT2D eigenvalue weighted by Gasteiger charge is -2.26. The van der Waals surface area contributed by atoms with Crippen LogP contribution in [-0.2, 0) is 11.3 Å². The van der Waals surface area contributed by atoms with Gasteiger partial charge in [-0.15, -0.1) is 23.1 Å². The molecular formula is C21H24N4O3S2. The Bertz CT molecular complexity index is 1110. The van der Waals surface area contributed by atoms with Crippen LogP contribution >= 0.6 is 23.1 Å². The number of nitrogens with zero attached hydrogens (tertiary/aromatic N) is 2. The average molecular weight is 445 g/mol. The predicted molar refractivity (Wildman–Crippen MR) is 124 cm³/mol. The first-order chi connectivity index (χ1) is 14.4. The maximum absolute atomic E-state index is 13.0. The Balaban J connectivity index is 1.97. The molecule has 0 atom stereocenters. The number of aromatic nitrogens is 2. The van der Waals surface area contributed by atoms with E-state index in [1.54, 1.807) is 11.3 Å². The summed E-state index contributed by atoms with van der Waals surface area (Å²) < 4.78 is 2.31. The first-order valence-corrected chi connectivity index (χ1v) is 11.4. The Morgan fingerprint density at radius 3 is 2.57 bits per heavy atom. The van der Waals surface area contributed by atoms with Gasteiger partial charge in [0.05, 0.1) is 16.5 Å². The number of H-pyrrole nitrogens is 1. The number of aromatic amines is 1. The molecule has 1 aromatic carbocycles. The largest absolute Gasteiger partial charge is 0.383 e. The molecule has 3 rings (SSSR count). The molecule has 0 radical (unpaired) electrons. The van der Waals surface area contributed by atoms with Crippen LogP contribution in [0.2, 0.25) is 0 Å². The number of hydrogen-bond acceptors (Lipinski definition) is 6. The van der Waals surface area contributed by atoms with Crippen LogP contribution in [0.4, 0.5) is 11.5 Å². The molecule has 3 N–H and O–H groups in total. The van der Waals surface area contributed by atoms with Gasteiger partial charge in [-0.2, -0.15) is 0 Å². The molecule has 7 nitrogen and oxygen atoms in total. The van der Waals surface area contributed by atoms with Gasteiger partial charge >= 0.3 is 5.69 Å². The van der Waals surface area contributed by atoms with Crippen LogP contribution in [0.5, 0.6) is 0 Å². The number of nitrogen functional groups attached to an aromatic ring is 1. The van der Waals surface area contributed by atoms with Gasteiger partial charge in [-0.3, -0.25) is 19.1 Å². The fourth-order valence-electron chi connectivity index (χ4n) is 3.00. The molecule has 0 saturated carbocycles.